The fourth-order valence-electron chi connectivity index (χ4n) is 1.76. The van der Waals surface area contributed by atoms with E-state index in [1.54, 1.807) is 18.2 Å². The van der Waals surface area contributed by atoms with E-state index in [2.05, 4.69) is 10.6 Å². The molecule has 2 amide bonds. The van der Waals surface area contributed by atoms with E-state index in [1.807, 2.05) is 13.8 Å². The molecule has 6 heteroatoms. The molecule has 0 fully saturated rings. The van der Waals surface area contributed by atoms with E-state index in [1.165, 1.54) is 0 Å². The maximum atomic E-state index is 11.8. The van der Waals surface area contributed by atoms with Crippen LogP contribution in [0, 0.1) is 5.92 Å². The maximum absolute atomic E-state index is 11.8. The van der Waals surface area contributed by atoms with Crippen molar-refractivity contribution in [3.05, 3.63) is 23.2 Å². The van der Waals surface area contributed by atoms with Crippen LogP contribution in [0.1, 0.15) is 33.1 Å². The first-order valence-electron chi connectivity index (χ1n) is 7.01. The van der Waals surface area contributed by atoms with Gasteiger partial charge in [-0.2, -0.15) is 0 Å². The van der Waals surface area contributed by atoms with Crippen LogP contribution in [-0.2, 0) is 9.59 Å². The van der Waals surface area contributed by atoms with Crippen molar-refractivity contribution in [2.24, 2.45) is 11.7 Å². The summed E-state index contributed by atoms with van der Waals surface area (Å²) in [5.41, 5.74) is 6.46. The number of hydrogen-bond donors (Lipinski definition) is 3. The van der Waals surface area contributed by atoms with Gasteiger partial charge >= 0.3 is 0 Å². The van der Waals surface area contributed by atoms with E-state index < -0.39 is 0 Å². The van der Waals surface area contributed by atoms with Crippen molar-refractivity contribution in [3.63, 3.8) is 0 Å². The van der Waals surface area contributed by atoms with Gasteiger partial charge in [0.15, 0.2) is 0 Å². The van der Waals surface area contributed by atoms with Gasteiger partial charge in [-0.05, 0) is 37.1 Å². The molecule has 1 aromatic carbocycles. The summed E-state index contributed by atoms with van der Waals surface area (Å²) in [6.07, 6.45) is 1.43. The molecule has 0 spiro atoms. The van der Waals surface area contributed by atoms with Gasteiger partial charge in [-0.3, -0.25) is 9.59 Å². The summed E-state index contributed by atoms with van der Waals surface area (Å²) < 4.78 is 0. The molecule has 0 saturated carbocycles. The van der Waals surface area contributed by atoms with Gasteiger partial charge in [0.2, 0.25) is 11.8 Å². The number of anilines is 2. The van der Waals surface area contributed by atoms with Gasteiger partial charge in [0, 0.05) is 18.5 Å². The summed E-state index contributed by atoms with van der Waals surface area (Å²) in [5, 5.41) is 5.95. The summed E-state index contributed by atoms with van der Waals surface area (Å²) in [6, 6.07) is 4.99. The van der Waals surface area contributed by atoms with Gasteiger partial charge in [-0.25, -0.2) is 0 Å². The Balaban J connectivity index is 2.71. The number of nitrogens with two attached hydrogens (primary N) is 1. The fraction of sp³-hybridized carbons (Fsp3) is 0.467. The Morgan fingerprint density at radius 3 is 2.57 bits per heavy atom. The first-order chi connectivity index (χ1) is 9.92. The second kappa shape index (κ2) is 8.64. The summed E-state index contributed by atoms with van der Waals surface area (Å²) in [6.45, 7) is 4.41. The summed E-state index contributed by atoms with van der Waals surface area (Å²) in [7, 11) is 0. The fourth-order valence-corrected chi connectivity index (χ4v) is 1.92. The van der Waals surface area contributed by atoms with E-state index >= 15 is 0 Å². The van der Waals surface area contributed by atoms with Crippen LogP contribution in [0.15, 0.2) is 18.2 Å². The van der Waals surface area contributed by atoms with Gasteiger partial charge in [-0.15, -0.1) is 0 Å². The molecular weight excluding hydrogens is 290 g/mol. The highest BCUT2D eigenvalue weighted by Gasteiger charge is 2.10. The minimum absolute atomic E-state index is 0.0986. The lowest BCUT2D eigenvalue weighted by molar-refractivity contribution is -0.117. The predicted molar refractivity (Wildman–Crippen MR) is 86.5 cm³/mol. The van der Waals surface area contributed by atoms with Crippen LogP contribution < -0.4 is 16.4 Å². The van der Waals surface area contributed by atoms with Crippen LogP contribution in [0.2, 0.25) is 5.02 Å². The van der Waals surface area contributed by atoms with E-state index in [-0.39, 0.29) is 17.7 Å². The Bertz CT molecular complexity index is 504. The standard InChI is InChI=1S/C15H22ClN3O2/c1-10(2)8-15(21)19-13-9-11(5-6-12(13)16)18-14(20)4-3-7-17/h5-6,9-10H,3-4,7-8,17H2,1-2H3,(H,18,20)(H,19,21). The van der Waals surface area contributed by atoms with Crippen molar-refractivity contribution in [2.45, 2.75) is 33.1 Å². The summed E-state index contributed by atoms with van der Waals surface area (Å²) >= 11 is 6.05. The number of hydrogen-bond acceptors (Lipinski definition) is 3. The Morgan fingerprint density at radius 1 is 1.24 bits per heavy atom. The monoisotopic (exact) mass is 311 g/mol. The molecule has 0 aromatic heterocycles. The largest absolute Gasteiger partial charge is 0.330 e. The number of rotatable bonds is 7. The molecule has 21 heavy (non-hydrogen) atoms. The molecule has 1 aromatic rings. The van der Waals surface area contributed by atoms with Gasteiger partial charge in [0.05, 0.1) is 10.7 Å². The summed E-state index contributed by atoms with van der Waals surface area (Å²) in [5.74, 6) is 0.0589. The third kappa shape index (κ3) is 6.60. The minimum Gasteiger partial charge on any atom is -0.330 e. The number of carbonyl (C=O) groups excluding carboxylic acids is 2. The molecular formula is C15H22ClN3O2. The van der Waals surface area contributed by atoms with Crippen molar-refractivity contribution in [2.75, 3.05) is 17.2 Å². The van der Waals surface area contributed by atoms with Crippen LogP contribution in [-0.4, -0.2) is 18.4 Å². The molecule has 4 N–H and O–H groups in total. The Kier molecular flexibility index (Phi) is 7.19. The lowest BCUT2D eigenvalue weighted by Gasteiger charge is -2.11. The zero-order valence-electron chi connectivity index (χ0n) is 12.4. The van der Waals surface area contributed by atoms with Crippen LogP contribution >= 0.6 is 11.6 Å². The highest BCUT2D eigenvalue weighted by Crippen LogP contribution is 2.26. The van der Waals surface area contributed by atoms with Gasteiger partial charge in [-0.1, -0.05) is 25.4 Å². The predicted octanol–water partition coefficient (Wildman–Crippen LogP) is 3.00. The molecule has 116 valence electrons. The van der Waals surface area contributed by atoms with Crippen molar-refractivity contribution >= 4 is 34.8 Å². The van der Waals surface area contributed by atoms with Crippen LogP contribution in [0.5, 0.6) is 0 Å². The zero-order valence-corrected chi connectivity index (χ0v) is 13.2. The molecule has 0 bridgehead atoms. The number of amides is 2. The molecule has 1 rings (SSSR count). The second-order valence-corrected chi connectivity index (χ2v) is 5.69. The van der Waals surface area contributed by atoms with Gasteiger partial charge in [0.25, 0.3) is 0 Å². The van der Waals surface area contributed by atoms with Crippen LogP contribution in [0.4, 0.5) is 11.4 Å². The molecule has 0 radical (unpaired) electrons. The maximum Gasteiger partial charge on any atom is 0.224 e. The first-order valence-corrected chi connectivity index (χ1v) is 7.39. The summed E-state index contributed by atoms with van der Waals surface area (Å²) in [4.78, 5) is 23.4. The first kappa shape index (κ1) is 17.5. The molecule has 0 aliphatic heterocycles. The van der Waals surface area contributed by atoms with Crippen molar-refractivity contribution in [3.8, 4) is 0 Å². The third-order valence-corrected chi connectivity index (χ3v) is 3.06. The number of halogens is 1. The zero-order chi connectivity index (χ0) is 15.8. The Labute approximate surface area is 130 Å². The smallest absolute Gasteiger partial charge is 0.224 e. The third-order valence-electron chi connectivity index (χ3n) is 2.73. The molecule has 0 aliphatic carbocycles. The van der Waals surface area contributed by atoms with Crippen LogP contribution in [0.3, 0.4) is 0 Å². The molecule has 0 saturated heterocycles. The number of nitrogens with one attached hydrogen (secondary N) is 2. The number of benzene rings is 1. The molecule has 5 nitrogen and oxygen atoms in total. The van der Waals surface area contributed by atoms with Gasteiger partial charge < -0.3 is 16.4 Å². The highest BCUT2D eigenvalue weighted by atomic mass is 35.5. The minimum atomic E-state index is -0.109. The molecule has 0 aliphatic rings. The van der Waals surface area contributed by atoms with Crippen molar-refractivity contribution in [1.82, 2.24) is 0 Å². The Morgan fingerprint density at radius 2 is 1.95 bits per heavy atom. The lowest BCUT2D eigenvalue weighted by atomic mass is 10.1. The topological polar surface area (TPSA) is 84.2 Å². The quantitative estimate of drug-likeness (QED) is 0.723. The normalized spacial score (nSPS) is 10.5. The van der Waals surface area contributed by atoms with Crippen molar-refractivity contribution in [1.29, 1.82) is 0 Å². The second-order valence-electron chi connectivity index (χ2n) is 5.28. The SMILES string of the molecule is CC(C)CC(=O)Nc1cc(NC(=O)CCCN)ccc1Cl. The van der Waals surface area contributed by atoms with E-state index in [4.69, 9.17) is 17.3 Å². The lowest BCUT2D eigenvalue weighted by Crippen LogP contribution is -2.15. The highest BCUT2D eigenvalue weighted by molar-refractivity contribution is 6.33. The van der Waals surface area contributed by atoms with Crippen LogP contribution in [0.25, 0.3) is 0 Å². The average molecular weight is 312 g/mol. The molecule has 0 heterocycles. The van der Waals surface area contributed by atoms with E-state index in [0.29, 0.717) is 42.2 Å². The average Bonchev–Trinajstić information content (AvgIpc) is 2.39. The molecule has 0 unspecified atom stereocenters. The van der Waals surface area contributed by atoms with Gasteiger partial charge in [0.1, 0.15) is 0 Å². The Hall–Kier alpha value is -1.59. The van der Waals surface area contributed by atoms with E-state index in [9.17, 15) is 9.59 Å². The molecule has 0 atom stereocenters. The van der Waals surface area contributed by atoms with Crippen molar-refractivity contribution < 1.29 is 9.59 Å². The van der Waals surface area contributed by atoms with E-state index in [0.717, 1.165) is 0 Å². The number of carbonyl (C=O) groups is 2.